The largest absolute Gasteiger partial charge is 0.438 e. The fourth-order valence-electron chi connectivity index (χ4n) is 0.752. The Kier molecular flexibility index (Phi) is 1.99. The summed E-state index contributed by atoms with van der Waals surface area (Å²) >= 11 is 0. The van der Waals surface area contributed by atoms with Gasteiger partial charge in [-0.1, -0.05) is 3.71 Å². The molecule has 0 aliphatic carbocycles. The van der Waals surface area contributed by atoms with E-state index >= 15 is 0 Å². The van der Waals surface area contributed by atoms with Crippen molar-refractivity contribution in [1.29, 1.82) is 0 Å². The maximum absolute atomic E-state index is 12.5. The highest BCUT2D eigenvalue weighted by atomic mass is 32.3. The molecule has 11 heteroatoms. The molecule has 1 aliphatic rings. The summed E-state index contributed by atoms with van der Waals surface area (Å²) in [6, 6.07) is 0. The van der Waals surface area contributed by atoms with Crippen LogP contribution in [-0.2, 0) is 20.0 Å². The van der Waals surface area contributed by atoms with Gasteiger partial charge in [-0.25, -0.2) is 16.8 Å². The van der Waals surface area contributed by atoms with Gasteiger partial charge in [0.05, 0.1) is 0 Å². The van der Waals surface area contributed by atoms with Crippen molar-refractivity contribution in [2.45, 2.75) is 10.5 Å². The third kappa shape index (κ3) is 0.871. The predicted molar refractivity (Wildman–Crippen MR) is 35.5 cm³/mol. The fraction of sp³-hybridized carbons (Fsp3) is 1.00. The molecular weight excluding hydrogens is 254 g/mol. The van der Waals surface area contributed by atoms with Crippen molar-refractivity contribution in [1.82, 2.24) is 3.71 Å². The lowest BCUT2D eigenvalue weighted by Gasteiger charge is -2.12. The Labute approximate surface area is 76.4 Å². The Morgan fingerprint density at radius 2 is 1.07 bits per heavy atom. The van der Waals surface area contributed by atoms with Gasteiger partial charge in [0.15, 0.2) is 0 Å². The zero-order valence-electron chi connectivity index (χ0n) is 6.41. The van der Waals surface area contributed by atoms with Crippen LogP contribution < -0.4 is 0 Å². The summed E-state index contributed by atoms with van der Waals surface area (Å²) in [5.41, 5.74) is 0. The Balaban J connectivity index is 3.73. The van der Waals surface area contributed by atoms with E-state index in [1.807, 2.05) is 0 Å². The average Bonchev–Trinajstić information content (AvgIpc) is 2.05. The second-order valence-corrected chi connectivity index (χ2v) is 6.68. The Morgan fingerprint density at radius 3 is 1.14 bits per heavy atom. The fourth-order valence-corrected chi connectivity index (χ4v) is 4.23. The highest BCUT2D eigenvalue weighted by molar-refractivity contribution is 8.08. The normalized spacial score (nSPS) is 32.9. The van der Waals surface area contributed by atoms with Crippen LogP contribution in [-0.4, -0.2) is 38.1 Å². The maximum atomic E-state index is 12.5. The number of rotatable bonds is 0. The highest BCUT2D eigenvalue weighted by Crippen LogP contribution is 2.51. The van der Waals surface area contributed by atoms with E-state index in [9.17, 15) is 34.4 Å². The van der Waals surface area contributed by atoms with Crippen molar-refractivity contribution in [3.05, 3.63) is 0 Å². The van der Waals surface area contributed by atoms with Gasteiger partial charge in [-0.3, -0.25) is 0 Å². The topological polar surface area (TPSA) is 71.5 Å². The van der Waals surface area contributed by atoms with E-state index in [0.29, 0.717) is 0 Å². The van der Waals surface area contributed by atoms with Crippen LogP contribution in [0.1, 0.15) is 0 Å². The van der Waals surface area contributed by atoms with Crippen molar-refractivity contribution in [3.63, 3.8) is 0 Å². The zero-order valence-corrected chi connectivity index (χ0v) is 8.04. The van der Waals surface area contributed by atoms with Crippen LogP contribution in [0.2, 0.25) is 0 Å². The first-order valence-electron chi connectivity index (χ1n) is 2.89. The Morgan fingerprint density at radius 1 is 0.857 bits per heavy atom. The summed E-state index contributed by atoms with van der Waals surface area (Å²) in [6.07, 6.45) is 0. The lowest BCUT2D eigenvalue weighted by Crippen LogP contribution is -2.42. The van der Waals surface area contributed by atoms with Gasteiger partial charge in [-0.2, -0.15) is 17.6 Å². The highest BCUT2D eigenvalue weighted by Gasteiger charge is 2.82. The van der Waals surface area contributed by atoms with Gasteiger partial charge in [0.1, 0.15) is 0 Å². The third-order valence-electron chi connectivity index (χ3n) is 1.66. The third-order valence-corrected chi connectivity index (χ3v) is 6.13. The van der Waals surface area contributed by atoms with Crippen LogP contribution in [0, 0.1) is 0 Å². The molecule has 1 fully saturated rings. The molecule has 0 atom stereocenters. The van der Waals surface area contributed by atoms with Crippen molar-refractivity contribution in [3.8, 4) is 0 Å². The number of halogens is 4. The molecule has 1 rings (SSSR count). The average molecular weight is 257 g/mol. The predicted octanol–water partition coefficient (Wildman–Crippen LogP) is -0.223. The quantitative estimate of drug-likeness (QED) is 0.562. The molecule has 0 N–H and O–H groups in total. The Bertz CT molecular complexity index is 421. The van der Waals surface area contributed by atoms with Gasteiger partial charge < -0.3 is 0 Å². The van der Waals surface area contributed by atoms with Gasteiger partial charge in [0, 0.05) is 7.05 Å². The molecule has 0 aromatic heterocycles. The molecule has 5 nitrogen and oxygen atoms in total. The molecular formula is C3H3F4NO4S2. The molecule has 0 spiro atoms. The molecule has 14 heavy (non-hydrogen) atoms. The molecule has 0 radical (unpaired) electrons. The summed E-state index contributed by atoms with van der Waals surface area (Å²) in [5, 5.41) is -11.3. The standard InChI is InChI=1S/C3H3F4NO4S2/c1-8-13(9,10)2(4,5)3(6,7)14(8,11)12/h1H3. The first-order valence-corrected chi connectivity index (χ1v) is 5.77. The molecule has 1 aliphatic heterocycles. The minimum atomic E-state index is -5.86. The lowest BCUT2D eigenvalue weighted by atomic mass is 10.7. The number of nitrogens with zero attached hydrogens (tertiary/aromatic N) is 1. The van der Waals surface area contributed by atoms with Crippen LogP contribution in [0.3, 0.4) is 0 Å². The molecule has 0 aromatic carbocycles. The SMILES string of the molecule is CN1S(=O)(=O)C(F)(F)C(F)(F)S1(=O)=O. The van der Waals surface area contributed by atoms with Crippen LogP contribution in [0.25, 0.3) is 0 Å². The van der Waals surface area contributed by atoms with Gasteiger partial charge in [-0.05, 0) is 0 Å². The van der Waals surface area contributed by atoms with Crippen LogP contribution in [0.5, 0.6) is 0 Å². The number of alkyl halides is 4. The first kappa shape index (κ1) is 11.7. The van der Waals surface area contributed by atoms with E-state index in [2.05, 4.69) is 0 Å². The van der Waals surface area contributed by atoms with E-state index < -0.39 is 34.3 Å². The van der Waals surface area contributed by atoms with Crippen LogP contribution in [0.15, 0.2) is 0 Å². The van der Waals surface area contributed by atoms with Crippen molar-refractivity contribution >= 4 is 20.0 Å². The first-order chi connectivity index (χ1) is 5.90. The molecule has 0 aromatic rings. The Hall–Kier alpha value is -0.420. The molecule has 0 amide bonds. The van der Waals surface area contributed by atoms with E-state index in [1.165, 1.54) is 0 Å². The van der Waals surface area contributed by atoms with E-state index in [1.54, 1.807) is 0 Å². The van der Waals surface area contributed by atoms with E-state index in [0.717, 1.165) is 0 Å². The number of hydrogen-bond donors (Lipinski definition) is 0. The second kappa shape index (κ2) is 2.39. The molecule has 84 valence electrons. The smallest absolute Gasteiger partial charge is 0.205 e. The summed E-state index contributed by atoms with van der Waals surface area (Å²) in [5.74, 6) is 0. The number of hydrogen-bond acceptors (Lipinski definition) is 4. The minimum Gasteiger partial charge on any atom is -0.205 e. The minimum absolute atomic E-state index is 0.124. The summed E-state index contributed by atoms with van der Waals surface area (Å²) < 4.78 is 91.2. The van der Waals surface area contributed by atoms with Crippen molar-refractivity contribution < 1.29 is 34.4 Å². The number of sulfonamides is 2. The van der Waals surface area contributed by atoms with Crippen molar-refractivity contribution in [2.75, 3.05) is 7.05 Å². The summed E-state index contributed by atoms with van der Waals surface area (Å²) in [6.45, 7) is 0. The van der Waals surface area contributed by atoms with Gasteiger partial charge in [0.25, 0.3) is 0 Å². The summed E-state index contributed by atoms with van der Waals surface area (Å²) in [7, 11) is -11.6. The zero-order chi connectivity index (χ0) is 11.6. The second-order valence-electron chi connectivity index (χ2n) is 2.42. The van der Waals surface area contributed by atoms with Crippen molar-refractivity contribution in [2.24, 2.45) is 0 Å². The van der Waals surface area contributed by atoms with E-state index in [4.69, 9.17) is 0 Å². The molecule has 0 saturated carbocycles. The maximum Gasteiger partial charge on any atom is 0.438 e. The van der Waals surface area contributed by atoms with E-state index in [-0.39, 0.29) is 7.05 Å². The molecule has 1 heterocycles. The van der Waals surface area contributed by atoms with Crippen LogP contribution >= 0.6 is 0 Å². The van der Waals surface area contributed by atoms with Gasteiger partial charge in [0.2, 0.25) is 0 Å². The van der Waals surface area contributed by atoms with Gasteiger partial charge >= 0.3 is 30.6 Å². The van der Waals surface area contributed by atoms with Gasteiger partial charge in [-0.15, -0.1) is 0 Å². The summed E-state index contributed by atoms with van der Waals surface area (Å²) in [4.78, 5) is 0. The molecule has 0 bridgehead atoms. The lowest BCUT2D eigenvalue weighted by molar-refractivity contribution is -0.0920. The van der Waals surface area contributed by atoms with Crippen LogP contribution in [0.4, 0.5) is 17.6 Å². The monoisotopic (exact) mass is 257 g/mol. The molecule has 0 unspecified atom stereocenters. The molecule has 1 saturated heterocycles.